The molecule has 0 aliphatic heterocycles. The van der Waals surface area contributed by atoms with Crippen molar-refractivity contribution in [1.82, 2.24) is 26.3 Å². The molecule has 36 heavy (non-hydrogen) atoms. The Morgan fingerprint density at radius 3 is 2.64 bits per heavy atom. The highest BCUT2D eigenvalue weighted by Gasteiger charge is 2.20. The maximum absolute atomic E-state index is 15.0. The fourth-order valence-electron chi connectivity index (χ4n) is 3.33. The lowest BCUT2D eigenvalue weighted by Gasteiger charge is -2.16. The van der Waals surface area contributed by atoms with Gasteiger partial charge in [0.05, 0.1) is 24.9 Å². The first-order valence-electron chi connectivity index (χ1n) is 10.3. The summed E-state index contributed by atoms with van der Waals surface area (Å²) in [5, 5.41) is 7.89. The lowest BCUT2D eigenvalue weighted by Crippen LogP contribution is -2.47. The summed E-state index contributed by atoms with van der Waals surface area (Å²) in [4.78, 5) is 28.9. The van der Waals surface area contributed by atoms with Crippen LogP contribution in [0.1, 0.15) is 29.2 Å². The van der Waals surface area contributed by atoms with Gasteiger partial charge in [-0.15, -0.1) is 11.3 Å². The van der Waals surface area contributed by atoms with Crippen molar-refractivity contribution in [2.45, 2.75) is 13.0 Å². The van der Waals surface area contributed by atoms with E-state index in [1.54, 1.807) is 17.5 Å². The van der Waals surface area contributed by atoms with Gasteiger partial charge in [0, 0.05) is 27.2 Å². The number of nitrogens with zero attached hydrogens (tertiary/aromatic N) is 2. The molecule has 0 saturated heterocycles. The molecular formula is C23H18ClF2N5O4S. The van der Waals surface area contributed by atoms with Crippen LogP contribution >= 0.6 is 22.9 Å². The first kappa shape index (κ1) is 25.1. The topological polar surface area (TPSA) is 118 Å². The van der Waals surface area contributed by atoms with Crippen LogP contribution in [0.25, 0.3) is 21.6 Å². The average Bonchev–Trinajstić information content (AvgIpc) is 3.54. The number of methoxy groups -OCH3 is 1. The number of urea groups is 1. The molecule has 4 aromatic rings. The quantitative estimate of drug-likeness (QED) is 0.296. The molecule has 1 atom stereocenters. The number of rotatable bonds is 6. The van der Waals surface area contributed by atoms with Crippen LogP contribution in [0, 0.1) is 11.6 Å². The van der Waals surface area contributed by atoms with Crippen LogP contribution in [0.2, 0.25) is 5.02 Å². The molecular weight excluding hydrogens is 516 g/mol. The minimum Gasteiger partial charge on any atom is -0.479 e. The molecule has 0 aliphatic rings. The van der Waals surface area contributed by atoms with Gasteiger partial charge in [-0.05, 0) is 47.3 Å². The number of pyridine rings is 1. The van der Waals surface area contributed by atoms with Gasteiger partial charge in [0.1, 0.15) is 11.6 Å². The molecule has 3 aromatic heterocycles. The van der Waals surface area contributed by atoms with E-state index in [0.717, 1.165) is 0 Å². The van der Waals surface area contributed by atoms with E-state index in [9.17, 15) is 14.0 Å². The molecule has 0 saturated carbocycles. The number of hydrogen-bond acceptors (Lipinski definition) is 7. The number of carbonyl (C=O) groups excluding carboxylic acids is 2. The van der Waals surface area contributed by atoms with E-state index in [1.807, 2.05) is 0 Å². The van der Waals surface area contributed by atoms with Gasteiger partial charge < -0.3 is 14.6 Å². The van der Waals surface area contributed by atoms with Gasteiger partial charge in [-0.1, -0.05) is 17.7 Å². The third-order valence-electron chi connectivity index (χ3n) is 4.97. The number of ether oxygens (including phenoxy) is 1. The molecule has 0 bridgehead atoms. The molecule has 1 aromatic carbocycles. The van der Waals surface area contributed by atoms with E-state index in [0.29, 0.717) is 16.0 Å². The molecule has 0 aliphatic carbocycles. The molecule has 3 heterocycles. The lowest BCUT2D eigenvalue weighted by molar-refractivity contribution is 0.0898. The third kappa shape index (κ3) is 5.44. The Bertz CT molecular complexity index is 1410. The highest BCUT2D eigenvalue weighted by Crippen LogP contribution is 2.39. The van der Waals surface area contributed by atoms with Crippen LogP contribution < -0.4 is 20.9 Å². The molecule has 9 nitrogen and oxygen atoms in total. The van der Waals surface area contributed by atoms with Gasteiger partial charge >= 0.3 is 11.9 Å². The molecule has 3 N–H and O–H groups in total. The molecule has 0 unspecified atom stereocenters. The summed E-state index contributed by atoms with van der Waals surface area (Å²) < 4.78 is 39.4. The Hall–Kier alpha value is -4.03. The van der Waals surface area contributed by atoms with Crippen LogP contribution in [0.5, 0.6) is 5.88 Å². The number of thiophene rings is 1. The van der Waals surface area contributed by atoms with Crippen molar-refractivity contribution in [2.24, 2.45) is 0 Å². The van der Waals surface area contributed by atoms with E-state index in [-0.39, 0.29) is 27.9 Å². The van der Waals surface area contributed by atoms with Crippen molar-refractivity contribution in [3.05, 3.63) is 76.1 Å². The number of hydrogen-bond donors (Lipinski definition) is 3. The fourth-order valence-corrected chi connectivity index (χ4v) is 4.32. The van der Waals surface area contributed by atoms with E-state index in [1.165, 1.54) is 55.8 Å². The van der Waals surface area contributed by atoms with Crippen molar-refractivity contribution >= 4 is 34.9 Å². The van der Waals surface area contributed by atoms with Gasteiger partial charge in [-0.25, -0.2) is 19.0 Å². The minimum atomic E-state index is -0.880. The number of nitrogens with one attached hydrogen (secondary N) is 3. The molecule has 4 rings (SSSR count). The standard InChI is InChI=1S/C23H18ClF2N5O4S/c1-11(28-23(33)30-29-22(32)17-9-19(34-2)31-35-17)21-16(26)6-12(10-27-21)14-7-13(24)8-15(25)20(14)18-4-3-5-36-18/h3-11H,1-2H3,(H,29,32)(H2,28,30,33)/t11-/m1/s1. The molecule has 3 amide bonds. The smallest absolute Gasteiger partial charge is 0.334 e. The van der Waals surface area contributed by atoms with Crippen molar-refractivity contribution in [2.75, 3.05) is 7.11 Å². The number of halogens is 3. The Morgan fingerprint density at radius 2 is 1.97 bits per heavy atom. The lowest BCUT2D eigenvalue weighted by atomic mass is 9.98. The second-order valence-corrected chi connectivity index (χ2v) is 8.77. The van der Waals surface area contributed by atoms with Crippen molar-refractivity contribution in [3.8, 4) is 27.4 Å². The maximum atomic E-state index is 15.0. The SMILES string of the molecule is COc1cc(C(=O)NNC(=O)N[C@H](C)c2ncc(-c3cc(Cl)cc(F)c3-c3cccs3)cc2F)on1. The summed E-state index contributed by atoms with van der Waals surface area (Å²) in [7, 11) is 1.35. The summed E-state index contributed by atoms with van der Waals surface area (Å²) in [6.45, 7) is 1.50. The van der Waals surface area contributed by atoms with E-state index >= 15 is 4.39 Å². The second kappa shape index (κ2) is 10.7. The summed E-state index contributed by atoms with van der Waals surface area (Å²) >= 11 is 7.40. The van der Waals surface area contributed by atoms with Crippen LogP contribution in [0.15, 0.2) is 52.5 Å². The predicted molar refractivity (Wildman–Crippen MR) is 129 cm³/mol. The predicted octanol–water partition coefficient (Wildman–Crippen LogP) is 5.11. The zero-order valence-corrected chi connectivity index (χ0v) is 20.3. The van der Waals surface area contributed by atoms with E-state index in [2.05, 4.69) is 26.3 Å². The number of hydrazine groups is 1. The first-order valence-corrected chi connectivity index (χ1v) is 11.6. The summed E-state index contributed by atoms with van der Waals surface area (Å²) in [5.74, 6) is -2.15. The molecule has 0 fully saturated rings. The molecule has 186 valence electrons. The summed E-state index contributed by atoms with van der Waals surface area (Å²) in [5.41, 5.74) is 5.14. The Kier molecular flexibility index (Phi) is 7.46. The third-order valence-corrected chi connectivity index (χ3v) is 6.08. The minimum absolute atomic E-state index is 0.0691. The monoisotopic (exact) mass is 533 g/mol. The first-order chi connectivity index (χ1) is 17.3. The van der Waals surface area contributed by atoms with E-state index in [4.69, 9.17) is 20.9 Å². The van der Waals surface area contributed by atoms with Crippen molar-refractivity contribution in [1.29, 1.82) is 0 Å². The van der Waals surface area contributed by atoms with Crippen molar-refractivity contribution < 1.29 is 27.6 Å². The van der Waals surface area contributed by atoms with Gasteiger partial charge in [0.15, 0.2) is 0 Å². The second-order valence-electron chi connectivity index (χ2n) is 7.39. The summed E-state index contributed by atoms with van der Waals surface area (Å²) in [6.07, 6.45) is 1.37. The van der Waals surface area contributed by atoms with Gasteiger partial charge in [0.25, 0.3) is 5.88 Å². The molecule has 13 heteroatoms. The Labute approximate surface area is 212 Å². The van der Waals surface area contributed by atoms with Crippen LogP contribution in [0.3, 0.4) is 0 Å². The van der Waals surface area contributed by atoms with Crippen LogP contribution in [-0.2, 0) is 0 Å². The van der Waals surface area contributed by atoms with Gasteiger partial charge in [-0.2, -0.15) is 0 Å². The van der Waals surface area contributed by atoms with Crippen molar-refractivity contribution in [3.63, 3.8) is 0 Å². The van der Waals surface area contributed by atoms with Crippen LogP contribution in [0.4, 0.5) is 13.6 Å². The maximum Gasteiger partial charge on any atom is 0.334 e. The summed E-state index contributed by atoms with van der Waals surface area (Å²) in [6, 6.07) is 6.98. The Morgan fingerprint density at radius 1 is 1.17 bits per heavy atom. The van der Waals surface area contributed by atoms with E-state index < -0.39 is 29.6 Å². The number of benzene rings is 1. The van der Waals surface area contributed by atoms with Crippen LogP contribution in [-0.4, -0.2) is 29.2 Å². The average molecular weight is 534 g/mol. The molecule has 0 spiro atoms. The number of carbonyl (C=O) groups is 2. The highest BCUT2D eigenvalue weighted by atomic mass is 35.5. The van der Waals surface area contributed by atoms with Gasteiger partial charge in [0.2, 0.25) is 5.76 Å². The largest absolute Gasteiger partial charge is 0.479 e. The zero-order chi connectivity index (χ0) is 25.8. The number of aromatic nitrogens is 2. The zero-order valence-electron chi connectivity index (χ0n) is 18.8. The number of amides is 3. The normalized spacial score (nSPS) is 11.6. The highest BCUT2D eigenvalue weighted by molar-refractivity contribution is 7.13. The Balaban J connectivity index is 1.47. The van der Waals surface area contributed by atoms with Gasteiger partial charge in [-0.3, -0.25) is 15.2 Å². The fraction of sp³-hybridized carbons (Fsp3) is 0.130. The molecule has 0 radical (unpaired) electrons.